The van der Waals surface area contributed by atoms with Gasteiger partial charge >= 0.3 is 5.97 Å². The highest BCUT2D eigenvalue weighted by molar-refractivity contribution is 5.87. The molecule has 1 aromatic carbocycles. The molecule has 0 radical (unpaired) electrons. The average molecular weight is 342 g/mol. The molecule has 0 amide bonds. The van der Waals surface area contributed by atoms with Gasteiger partial charge in [-0.05, 0) is 37.6 Å². The Balaban J connectivity index is 1.98. The number of aromatic nitrogens is 1. The number of carbonyl (C=O) groups is 1. The minimum Gasteiger partial charge on any atom is -0.493 e. The highest BCUT2D eigenvalue weighted by Crippen LogP contribution is 2.28. The number of hydrogen-bond donors (Lipinski definition) is 0. The topological polar surface area (TPSA) is 94.6 Å². The molecule has 0 atom stereocenters. The molecule has 2 aromatic rings. The minimum atomic E-state index is -0.483. The van der Waals surface area contributed by atoms with Crippen molar-refractivity contribution in [3.63, 3.8) is 0 Å². The van der Waals surface area contributed by atoms with Crippen molar-refractivity contribution in [3.8, 4) is 17.6 Å². The second kappa shape index (κ2) is 8.55. The van der Waals surface area contributed by atoms with Gasteiger partial charge in [-0.2, -0.15) is 5.26 Å². The van der Waals surface area contributed by atoms with Crippen LogP contribution in [0.3, 0.4) is 0 Å². The normalized spacial score (nSPS) is 10.5. The molecule has 0 aliphatic heterocycles. The highest BCUT2D eigenvalue weighted by atomic mass is 16.5. The van der Waals surface area contributed by atoms with Crippen molar-refractivity contribution >= 4 is 12.0 Å². The van der Waals surface area contributed by atoms with Crippen molar-refractivity contribution in [2.75, 3.05) is 13.7 Å². The third-order valence-electron chi connectivity index (χ3n) is 3.43. The second-order valence-electron chi connectivity index (χ2n) is 5.10. The molecule has 0 N–H and O–H groups in total. The Morgan fingerprint density at radius 2 is 2.16 bits per heavy atom. The van der Waals surface area contributed by atoms with Crippen LogP contribution in [0.2, 0.25) is 0 Å². The van der Waals surface area contributed by atoms with Crippen LogP contribution >= 0.6 is 0 Å². The molecule has 130 valence electrons. The summed E-state index contributed by atoms with van der Waals surface area (Å²) in [5.41, 5.74) is 2.20. The minimum absolute atomic E-state index is 0.0699. The average Bonchev–Trinajstić information content (AvgIpc) is 2.94. The van der Waals surface area contributed by atoms with Crippen molar-refractivity contribution in [2.45, 2.75) is 20.5 Å². The van der Waals surface area contributed by atoms with E-state index >= 15 is 0 Å². The highest BCUT2D eigenvalue weighted by Gasteiger charge is 2.10. The van der Waals surface area contributed by atoms with Gasteiger partial charge in [0.25, 0.3) is 0 Å². The standard InChI is InChI=1S/C18H18N2O5/c1-12-15(13(2)25-20-12)11-24-18(21)7-5-14-4-6-16(23-9-8-19)17(10-14)22-3/h4-7,10H,9,11H2,1-3H3/b7-5+. The number of nitriles is 1. The molecule has 7 heteroatoms. The molecule has 0 saturated carbocycles. The largest absolute Gasteiger partial charge is 0.493 e. The molecule has 0 bridgehead atoms. The van der Waals surface area contributed by atoms with Gasteiger partial charge in [-0.3, -0.25) is 0 Å². The molecule has 0 spiro atoms. The lowest BCUT2D eigenvalue weighted by Crippen LogP contribution is -2.02. The van der Waals surface area contributed by atoms with Gasteiger partial charge in [-0.1, -0.05) is 11.2 Å². The number of rotatable bonds is 7. The maximum absolute atomic E-state index is 11.8. The molecule has 0 fully saturated rings. The van der Waals surface area contributed by atoms with Gasteiger partial charge in [0.05, 0.1) is 18.4 Å². The Hall–Kier alpha value is -3.27. The lowest BCUT2D eigenvalue weighted by atomic mass is 10.2. The maximum Gasteiger partial charge on any atom is 0.331 e. The van der Waals surface area contributed by atoms with Crippen LogP contribution in [0.1, 0.15) is 22.6 Å². The number of aryl methyl sites for hydroxylation is 2. The molecular weight excluding hydrogens is 324 g/mol. The zero-order valence-electron chi connectivity index (χ0n) is 14.2. The molecule has 0 unspecified atom stereocenters. The first-order valence-electron chi connectivity index (χ1n) is 7.49. The summed E-state index contributed by atoms with van der Waals surface area (Å²) in [7, 11) is 1.50. The summed E-state index contributed by atoms with van der Waals surface area (Å²) >= 11 is 0. The fourth-order valence-corrected chi connectivity index (χ4v) is 2.08. The first-order chi connectivity index (χ1) is 12.0. The predicted molar refractivity (Wildman–Crippen MR) is 88.9 cm³/mol. The molecule has 1 aromatic heterocycles. The number of methoxy groups -OCH3 is 1. The van der Waals surface area contributed by atoms with E-state index in [9.17, 15) is 4.79 Å². The monoisotopic (exact) mass is 342 g/mol. The molecule has 0 aliphatic rings. The zero-order valence-corrected chi connectivity index (χ0v) is 14.2. The van der Waals surface area contributed by atoms with Crippen molar-refractivity contribution < 1.29 is 23.5 Å². The van der Waals surface area contributed by atoms with Crippen molar-refractivity contribution in [3.05, 3.63) is 46.9 Å². The summed E-state index contributed by atoms with van der Waals surface area (Å²) in [6.07, 6.45) is 2.93. The Labute approximate surface area is 145 Å². The van der Waals surface area contributed by atoms with E-state index < -0.39 is 5.97 Å². The van der Waals surface area contributed by atoms with Crippen LogP contribution in [0.25, 0.3) is 6.08 Å². The van der Waals surface area contributed by atoms with Gasteiger partial charge in [0.15, 0.2) is 18.1 Å². The van der Waals surface area contributed by atoms with Gasteiger partial charge in [0.1, 0.15) is 18.4 Å². The van der Waals surface area contributed by atoms with E-state index in [-0.39, 0.29) is 13.2 Å². The number of nitrogens with zero attached hydrogens (tertiary/aromatic N) is 2. The number of benzene rings is 1. The zero-order chi connectivity index (χ0) is 18.2. The SMILES string of the molecule is COc1cc(/C=C/C(=O)OCc2c(C)noc2C)ccc1OCC#N. The maximum atomic E-state index is 11.8. The van der Waals surface area contributed by atoms with Gasteiger partial charge in [-0.25, -0.2) is 4.79 Å². The number of ether oxygens (including phenoxy) is 3. The third kappa shape index (κ3) is 4.85. The van der Waals surface area contributed by atoms with Crippen LogP contribution in [-0.2, 0) is 16.1 Å². The van der Waals surface area contributed by atoms with Crippen LogP contribution in [0.15, 0.2) is 28.8 Å². The molecule has 0 aliphatic carbocycles. The lowest BCUT2D eigenvalue weighted by molar-refractivity contribution is -0.138. The van der Waals surface area contributed by atoms with E-state index in [2.05, 4.69) is 5.16 Å². The van der Waals surface area contributed by atoms with Crippen molar-refractivity contribution in [2.24, 2.45) is 0 Å². The van der Waals surface area contributed by atoms with E-state index in [0.29, 0.717) is 23.0 Å². The van der Waals surface area contributed by atoms with E-state index in [1.165, 1.54) is 13.2 Å². The quantitative estimate of drug-likeness (QED) is 0.564. The molecule has 25 heavy (non-hydrogen) atoms. The van der Waals surface area contributed by atoms with E-state index in [1.807, 2.05) is 6.07 Å². The van der Waals surface area contributed by atoms with Gasteiger partial charge in [0.2, 0.25) is 0 Å². The van der Waals surface area contributed by atoms with Crippen LogP contribution in [0, 0.1) is 25.2 Å². The van der Waals surface area contributed by atoms with Crippen LogP contribution in [0.5, 0.6) is 11.5 Å². The summed E-state index contributed by atoms with van der Waals surface area (Å²) in [4.78, 5) is 11.8. The number of hydrogen-bond acceptors (Lipinski definition) is 7. The van der Waals surface area contributed by atoms with Gasteiger partial charge in [0, 0.05) is 6.08 Å². The van der Waals surface area contributed by atoms with Crippen LogP contribution < -0.4 is 9.47 Å². The fourth-order valence-electron chi connectivity index (χ4n) is 2.08. The summed E-state index contributed by atoms with van der Waals surface area (Å²) in [6, 6.07) is 7.01. The smallest absolute Gasteiger partial charge is 0.331 e. The Bertz CT molecular complexity index is 798. The first-order valence-corrected chi connectivity index (χ1v) is 7.49. The Kier molecular flexibility index (Phi) is 6.18. The predicted octanol–water partition coefficient (Wildman–Crippen LogP) is 2.96. The van der Waals surface area contributed by atoms with Crippen LogP contribution in [0.4, 0.5) is 0 Å². The molecule has 2 rings (SSSR count). The molecule has 1 heterocycles. The first kappa shape index (κ1) is 18.1. The van der Waals surface area contributed by atoms with E-state index in [4.69, 9.17) is 24.0 Å². The number of carbonyl (C=O) groups excluding carboxylic acids is 1. The van der Waals surface area contributed by atoms with Crippen LogP contribution in [-0.4, -0.2) is 24.8 Å². The van der Waals surface area contributed by atoms with Crippen molar-refractivity contribution in [1.82, 2.24) is 5.16 Å². The Morgan fingerprint density at radius 1 is 1.36 bits per heavy atom. The molecule has 0 saturated heterocycles. The number of esters is 1. The summed E-state index contributed by atoms with van der Waals surface area (Å²) in [6.45, 7) is 3.59. The Morgan fingerprint density at radius 3 is 2.80 bits per heavy atom. The molecular formula is C18H18N2O5. The summed E-state index contributed by atoms with van der Waals surface area (Å²) in [5.74, 6) is 1.08. The van der Waals surface area contributed by atoms with Gasteiger partial charge < -0.3 is 18.7 Å². The van der Waals surface area contributed by atoms with Crippen molar-refractivity contribution in [1.29, 1.82) is 5.26 Å². The van der Waals surface area contributed by atoms with E-state index in [1.54, 1.807) is 38.1 Å². The summed E-state index contributed by atoms with van der Waals surface area (Å²) < 4.78 is 20.7. The van der Waals surface area contributed by atoms with E-state index in [0.717, 1.165) is 11.1 Å². The summed E-state index contributed by atoms with van der Waals surface area (Å²) in [5, 5.41) is 12.4. The fraction of sp³-hybridized carbons (Fsp3) is 0.278. The van der Waals surface area contributed by atoms with Gasteiger partial charge in [-0.15, -0.1) is 0 Å². The second-order valence-corrected chi connectivity index (χ2v) is 5.10. The third-order valence-corrected chi connectivity index (χ3v) is 3.43. The molecule has 7 nitrogen and oxygen atoms in total. The lowest BCUT2D eigenvalue weighted by Gasteiger charge is -2.08.